The fourth-order valence-electron chi connectivity index (χ4n) is 3.15. The normalized spacial score (nSPS) is 11.9. The van der Waals surface area contributed by atoms with Crippen molar-refractivity contribution in [1.82, 2.24) is 20.0 Å². The number of para-hydroxylation sites is 1. The average Bonchev–Trinajstić information content (AvgIpc) is 3.19. The lowest BCUT2D eigenvalue weighted by Crippen LogP contribution is -2.09. The molecule has 2 aromatic carbocycles. The highest BCUT2D eigenvalue weighted by Crippen LogP contribution is 2.31. The lowest BCUT2D eigenvalue weighted by molar-refractivity contribution is 0.628. The number of aromatic nitrogens is 4. The second-order valence-electron chi connectivity index (χ2n) is 6.57. The van der Waals surface area contributed by atoms with Crippen LogP contribution in [-0.2, 0) is 0 Å². The summed E-state index contributed by atoms with van der Waals surface area (Å²) < 4.78 is 15.7. The molecule has 0 aliphatic heterocycles. The van der Waals surface area contributed by atoms with E-state index in [1.807, 2.05) is 43.5 Å². The predicted molar refractivity (Wildman–Crippen MR) is 105 cm³/mol. The van der Waals surface area contributed by atoms with Gasteiger partial charge in [0.2, 0.25) is 0 Å². The summed E-state index contributed by atoms with van der Waals surface area (Å²) in [5.41, 5.74) is 3.86. The lowest BCUT2D eigenvalue weighted by Gasteiger charge is -2.16. The summed E-state index contributed by atoms with van der Waals surface area (Å²) in [6, 6.07) is 14.4. The number of benzene rings is 2. The van der Waals surface area contributed by atoms with E-state index in [2.05, 4.69) is 26.7 Å². The first-order chi connectivity index (χ1) is 13.6. The Hall–Kier alpha value is -3.79. The van der Waals surface area contributed by atoms with Gasteiger partial charge >= 0.3 is 0 Å². The fourth-order valence-corrected chi connectivity index (χ4v) is 3.15. The number of rotatable bonds is 4. The van der Waals surface area contributed by atoms with E-state index in [0.29, 0.717) is 33.4 Å². The molecule has 0 amide bonds. The maximum atomic E-state index is 14.0. The van der Waals surface area contributed by atoms with Crippen LogP contribution >= 0.6 is 0 Å². The Bertz CT molecular complexity index is 1190. The lowest BCUT2D eigenvalue weighted by atomic mass is 10.1. The molecule has 1 atom stereocenters. The van der Waals surface area contributed by atoms with E-state index in [0.717, 1.165) is 5.69 Å². The van der Waals surface area contributed by atoms with Gasteiger partial charge in [-0.05, 0) is 43.7 Å². The fraction of sp³-hybridized carbons (Fsp3) is 0.143. The molecule has 6 nitrogen and oxygen atoms in total. The number of halogens is 1. The Morgan fingerprint density at radius 3 is 2.75 bits per heavy atom. The molecule has 4 aromatic rings. The first-order valence-corrected chi connectivity index (χ1v) is 8.80. The molecule has 2 heterocycles. The molecule has 0 aliphatic rings. The van der Waals surface area contributed by atoms with Crippen molar-refractivity contribution in [2.75, 3.05) is 5.32 Å². The van der Waals surface area contributed by atoms with Crippen LogP contribution in [-0.4, -0.2) is 20.0 Å². The summed E-state index contributed by atoms with van der Waals surface area (Å²) in [7, 11) is 0. The van der Waals surface area contributed by atoms with Gasteiger partial charge in [-0.2, -0.15) is 5.26 Å². The minimum Gasteiger partial charge on any atom is -0.375 e. The molecule has 28 heavy (non-hydrogen) atoms. The minimum atomic E-state index is -0.368. The van der Waals surface area contributed by atoms with Crippen LogP contribution in [0.3, 0.4) is 0 Å². The maximum absolute atomic E-state index is 14.0. The van der Waals surface area contributed by atoms with E-state index in [1.165, 1.54) is 18.3 Å². The third-order valence-corrected chi connectivity index (χ3v) is 4.58. The van der Waals surface area contributed by atoms with Crippen LogP contribution in [0.5, 0.6) is 0 Å². The molecule has 138 valence electrons. The molecule has 7 heteroatoms. The number of fused-ring (bicyclic) bond motifs is 1. The summed E-state index contributed by atoms with van der Waals surface area (Å²) >= 11 is 0. The smallest absolute Gasteiger partial charge is 0.124 e. The summed E-state index contributed by atoms with van der Waals surface area (Å²) in [5, 5.41) is 21.8. The first-order valence-electron chi connectivity index (χ1n) is 8.80. The maximum Gasteiger partial charge on any atom is 0.124 e. The summed E-state index contributed by atoms with van der Waals surface area (Å²) in [5.74, 6) is -0.368. The molecule has 0 saturated carbocycles. The van der Waals surface area contributed by atoms with Crippen molar-refractivity contribution in [3.05, 3.63) is 77.5 Å². The molecule has 0 saturated heterocycles. The largest absolute Gasteiger partial charge is 0.375 e. The van der Waals surface area contributed by atoms with E-state index in [-0.39, 0.29) is 11.9 Å². The minimum absolute atomic E-state index is 0.251. The van der Waals surface area contributed by atoms with E-state index >= 15 is 0 Å². The summed E-state index contributed by atoms with van der Waals surface area (Å²) in [6.07, 6.45) is 3.33. The van der Waals surface area contributed by atoms with Crippen molar-refractivity contribution in [2.45, 2.75) is 19.9 Å². The van der Waals surface area contributed by atoms with Crippen LogP contribution in [0.25, 0.3) is 16.6 Å². The number of anilines is 1. The first kappa shape index (κ1) is 17.6. The zero-order valence-corrected chi connectivity index (χ0v) is 15.4. The van der Waals surface area contributed by atoms with E-state index < -0.39 is 0 Å². The van der Waals surface area contributed by atoms with Gasteiger partial charge in [0.15, 0.2) is 0 Å². The molecule has 1 unspecified atom stereocenters. The number of nitrogens with zero attached hydrogens (tertiary/aromatic N) is 5. The molecule has 0 spiro atoms. The van der Waals surface area contributed by atoms with Gasteiger partial charge in [0, 0.05) is 11.6 Å². The van der Waals surface area contributed by atoms with Gasteiger partial charge in [0.25, 0.3) is 0 Å². The predicted octanol–water partition coefficient (Wildman–Crippen LogP) is 4.31. The molecule has 0 radical (unpaired) electrons. The van der Waals surface area contributed by atoms with E-state index in [9.17, 15) is 9.65 Å². The molecule has 0 bridgehead atoms. The van der Waals surface area contributed by atoms with Crippen molar-refractivity contribution in [2.24, 2.45) is 0 Å². The number of hydrogen-bond acceptors (Lipinski definition) is 5. The molecular weight excluding hydrogens is 355 g/mol. The molecule has 0 aliphatic carbocycles. The topological polar surface area (TPSA) is 79.4 Å². The van der Waals surface area contributed by atoms with E-state index in [1.54, 1.807) is 11.6 Å². The highest BCUT2D eigenvalue weighted by molar-refractivity contribution is 5.95. The third kappa shape index (κ3) is 3.16. The second-order valence-corrected chi connectivity index (χ2v) is 6.57. The van der Waals surface area contributed by atoms with Crippen LogP contribution in [0, 0.1) is 24.1 Å². The summed E-state index contributed by atoms with van der Waals surface area (Å²) in [4.78, 5) is 4.32. The van der Waals surface area contributed by atoms with Crippen LogP contribution in [0.4, 0.5) is 10.1 Å². The average molecular weight is 372 g/mol. The standard InChI is InChI=1S/C21H17FN6/c1-13-8-16(22)9-18-20(13)24-11-15(10-23)21(18)25-14(2)19-12-28(27-26-19)17-6-4-3-5-7-17/h3-9,11-12,14H,1-2H3,(H,24,25). The Balaban J connectivity index is 1.72. The van der Waals surface area contributed by atoms with Crippen molar-refractivity contribution in [3.8, 4) is 11.8 Å². The van der Waals surface area contributed by atoms with Crippen LogP contribution in [0.1, 0.15) is 29.8 Å². The number of hydrogen-bond donors (Lipinski definition) is 1. The van der Waals surface area contributed by atoms with Crippen LogP contribution in [0.2, 0.25) is 0 Å². The van der Waals surface area contributed by atoms with Gasteiger partial charge in [-0.1, -0.05) is 23.4 Å². The molecule has 1 N–H and O–H groups in total. The zero-order chi connectivity index (χ0) is 19.7. The van der Waals surface area contributed by atoms with Crippen molar-refractivity contribution < 1.29 is 4.39 Å². The van der Waals surface area contributed by atoms with Gasteiger partial charge in [-0.25, -0.2) is 9.07 Å². The molecular formula is C21H17FN6. The highest BCUT2D eigenvalue weighted by atomic mass is 19.1. The zero-order valence-electron chi connectivity index (χ0n) is 15.4. The summed E-state index contributed by atoms with van der Waals surface area (Å²) in [6.45, 7) is 3.71. The van der Waals surface area contributed by atoms with Gasteiger partial charge in [-0.15, -0.1) is 5.10 Å². The highest BCUT2D eigenvalue weighted by Gasteiger charge is 2.17. The molecule has 4 rings (SSSR count). The van der Waals surface area contributed by atoms with Crippen molar-refractivity contribution in [1.29, 1.82) is 5.26 Å². The van der Waals surface area contributed by atoms with Crippen LogP contribution < -0.4 is 5.32 Å². The Morgan fingerprint density at radius 1 is 1.21 bits per heavy atom. The SMILES string of the molecule is Cc1cc(F)cc2c(NC(C)c3cn(-c4ccccc4)nn3)c(C#N)cnc12. The Labute approximate surface area is 161 Å². The number of nitriles is 1. The van der Waals surface area contributed by atoms with Crippen LogP contribution in [0.15, 0.2) is 54.9 Å². The Kier molecular flexibility index (Phi) is 4.45. The molecule has 0 fully saturated rings. The van der Waals surface area contributed by atoms with Crippen molar-refractivity contribution in [3.63, 3.8) is 0 Å². The van der Waals surface area contributed by atoms with Gasteiger partial charge in [-0.3, -0.25) is 4.98 Å². The van der Waals surface area contributed by atoms with Gasteiger partial charge < -0.3 is 5.32 Å². The second kappa shape index (κ2) is 7.08. The van der Waals surface area contributed by atoms with E-state index in [4.69, 9.17) is 0 Å². The quantitative estimate of drug-likeness (QED) is 0.577. The van der Waals surface area contributed by atoms with Gasteiger partial charge in [0.1, 0.15) is 17.6 Å². The monoisotopic (exact) mass is 372 g/mol. The number of nitrogens with one attached hydrogen (secondary N) is 1. The van der Waals surface area contributed by atoms with Gasteiger partial charge in [0.05, 0.1) is 34.7 Å². The molecule has 2 aromatic heterocycles. The Morgan fingerprint density at radius 2 is 2.00 bits per heavy atom. The van der Waals surface area contributed by atoms with Crippen molar-refractivity contribution >= 4 is 16.6 Å². The third-order valence-electron chi connectivity index (χ3n) is 4.58. The number of pyridine rings is 1. The number of aryl methyl sites for hydroxylation is 1.